The monoisotopic (exact) mass is 756 g/mol. The zero-order valence-corrected chi connectivity index (χ0v) is 30.8. The Balaban J connectivity index is 1.15. The van der Waals surface area contributed by atoms with Crippen LogP contribution >= 0.6 is 0 Å². The largest absolute Gasteiger partial charge is 0.493 e. The van der Waals surface area contributed by atoms with E-state index in [4.69, 9.17) is 28.4 Å². The van der Waals surface area contributed by atoms with Gasteiger partial charge in [-0.25, -0.2) is 19.2 Å². The maximum Gasteiger partial charge on any atom is 0.345 e. The highest BCUT2D eigenvalue weighted by atomic mass is 16.6. The lowest BCUT2D eigenvalue weighted by atomic mass is 10.1. The number of aromatic nitrogens is 2. The maximum atomic E-state index is 13.2. The van der Waals surface area contributed by atoms with E-state index in [1.807, 2.05) is 31.2 Å². The molecule has 0 aliphatic rings. The summed E-state index contributed by atoms with van der Waals surface area (Å²) in [6.45, 7) is 9.90. The Labute approximate surface area is 324 Å². The van der Waals surface area contributed by atoms with Gasteiger partial charge in [0.15, 0.2) is 11.5 Å². The van der Waals surface area contributed by atoms with E-state index in [1.54, 1.807) is 66.7 Å². The fourth-order valence-electron chi connectivity index (χ4n) is 5.03. The van der Waals surface area contributed by atoms with Gasteiger partial charge < -0.3 is 28.4 Å². The van der Waals surface area contributed by atoms with Crippen LogP contribution in [-0.4, -0.2) is 60.3 Å². The molecule has 0 atom stereocenters. The van der Waals surface area contributed by atoms with Crippen molar-refractivity contribution in [1.82, 2.24) is 9.97 Å². The zero-order valence-electron chi connectivity index (χ0n) is 30.8. The van der Waals surface area contributed by atoms with Gasteiger partial charge in [0, 0.05) is 48.5 Å². The molecule has 0 aliphatic carbocycles. The van der Waals surface area contributed by atoms with Gasteiger partial charge in [0.1, 0.15) is 11.5 Å². The maximum absolute atomic E-state index is 13.2. The average molecular weight is 757 g/mol. The number of esters is 4. The van der Waals surface area contributed by atoms with Crippen molar-refractivity contribution in [3.05, 3.63) is 145 Å². The van der Waals surface area contributed by atoms with Gasteiger partial charge in [-0.1, -0.05) is 26.1 Å². The summed E-state index contributed by atoms with van der Waals surface area (Å²) in [5, 5.41) is 0. The highest BCUT2D eigenvalue weighted by Crippen LogP contribution is 2.31. The first-order valence-electron chi connectivity index (χ1n) is 17.8. The molecule has 286 valence electrons. The quantitative estimate of drug-likeness (QED) is 0.0350. The van der Waals surface area contributed by atoms with Crippen molar-refractivity contribution in [3.8, 4) is 45.5 Å². The highest BCUT2D eigenvalue weighted by molar-refractivity contribution is 5.93. The first-order valence-corrected chi connectivity index (χ1v) is 17.8. The van der Waals surface area contributed by atoms with Gasteiger partial charge in [-0.15, -0.1) is 0 Å². The molecule has 0 unspecified atom stereocenters. The molecule has 2 heterocycles. The van der Waals surface area contributed by atoms with E-state index in [1.165, 1.54) is 12.4 Å². The summed E-state index contributed by atoms with van der Waals surface area (Å²) in [6.07, 6.45) is 6.80. The van der Waals surface area contributed by atoms with Crippen molar-refractivity contribution in [1.29, 1.82) is 0 Å². The molecule has 0 N–H and O–H groups in total. The van der Waals surface area contributed by atoms with Gasteiger partial charge in [-0.2, -0.15) is 0 Å². The summed E-state index contributed by atoms with van der Waals surface area (Å²) in [7, 11) is 0. The summed E-state index contributed by atoms with van der Waals surface area (Å²) < 4.78 is 32.7. The predicted octanol–water partition coefficient (Wildman–Crippen LogP) is 7.81. The molecule has 5 rings (SSSR count). The summed E-state index contributed by atoms with van der Waals surface area (Å²) in [6, 6.07) is 26.3. The minimum Gasteiger partial charge on any atom is -0.493 e. The van der Waals surface area contributed by atoms with Gasteiger partial charge in [0.05, 0.1) is 48.9 Å². The molecule has 0 saturated carbocycles. The first-order chi connectivity index (χ1) is 27.3. The van der Waals surface area contributed by atoms with Crippen molar-refractivity contribution in [2.75, 3.05) is 26.4 Å². The molecule has 12 heteroatoms. The SMILES string of the molecule is C=CC(=O)OCCCOc1ccc(-c2ccc(C(=O)Oc3ccc(CC)cc3OC(=O)c3ccc(-c4ccc(OCCCOC(=O)C=C)cc4)nc3)cn2)cc1. The second kappa shape index (κ2) is 20.4. The zero-order chi connectivity index (χ0) is 39.7. The lowest BCUT2D eigenvalue weighted by Gasteiger charge is -2.12. The van der Waals surface area contributed by atoms with Crippen LogP contribution in [0.3, 0.4) is 0 Å². The molecule has 0 aliphatic heterocycles. The molecule has 0 radical (unpaired) electrons. The van der Waals surface area contributed by atoms with Crippen molar-refractivity contribution in [2.24, 2.45) is 0 Å². The molecule has 3 aromatic carbocycles. The van der Waals surface area contributed by atoms with Crippen LogP contribution in [0.5, 0.6) is 23.0 Å². The molecule has 2 aromatic heterocycles. The van der Waals surface area contributed by atoms with Gasteiger partial charge in [0.25, 0.3) is 0 Å². The Morgan fingerprint density at radius 3 is 1.45 bits per heavy atom. The first kappa shape index (κ1) is 40.1. The normalized spacial score (nSPS) is 10.4. The molecule has 0 amide bonds. The third-order valence-electron chi connectivity index (χ3n) is 8.06. The van der Waals surface area contributed by atoms with E-state index < -0.39 is 23.9 Å². The Hall–Kier alpha value is -7.08. The number of pyridine rings is 2. The van der Waals surface area contributed by atoms with Crippen LogP contribution in [-0.2, 0) is 25.5 Å². The summed E-state index contributed by atoms with van der Waals surface area (Å²) in [5.41, 5.74) is 4.17. The second-order valence-corrected chi connectivity index (χ2v) is 12.0. The van der Waals surface area contributed by atoms with E-state index in [0.717, 1.165) is 28.8 Å². The minimum absolute atomic E-state index is 0.0729. The Kier molecular flexibility index (Phi) is 14.6. The van der Waals surface area contributed by atoms with Crippen molar-refractivity contribution in [2.45, 2.75) is 26.2 Å². The van der Waals surface area contributed by atoms with E-state index in [0.29, 0.717) is 55.4 Å². The Morgan fingerprint density at radius 1 is 0.571 bits per heavy atom. The smallest absolute Gasteiger partial charge is 0.345 e. The lowest BCUT2D eigenvalue weighted by molar-refractivity contribution is -0.138. The van der Waals surface area contributed by atoms with E-state index in [2.05, 4.69) is 23.1 Å². The van der Waals surface area contributed by atoms with Crippen LogP contribution in [0.2, 0.25) is 0 Å². The fraction of sp³-hybridized carbons (Fsp3) is 0.182. The second-order valence-electron chi connectivity index (χ2n) is 12.0. The predicted molar refractivity (Wildman–Crippen MR) is 208 cm³/mol. The van der Waals surface area contributed by atoms with Gasteiger partial charge in [-0.05, 0) is 96.9 Å². The Morgan fingerprint density at radius 2 is 1.04 bits per heavy atom. The van der Waals surface area contributed by atoms with Crippen molar-refractivity contribution >= 4 is 23.9 Å². The van der Waals surface area contributed by atoms with Crippen molar-refractivity contribution in [3.63, 3.8) is 0 Å². The van der Waals surface area contributed by atoms with Crippen molar-refractivity contribution < 1.29 is 47.6 Å². The van der Waals surface area contributed by atoms with Crippen LogP contribution < -0.4 is 18.9 Å². The van der Waals surface area contributed by atoms with E-state index >= 15 is 0 Å². The molecule has 0 saturated heterocycles. The minimum atomic E-state index is -0.676. The molecule has 0 fully saturated rings. The third-order valence-corrected chi connectivity index (χ3v) is 8.06. The number of rotatable bonds is 19. The number of hydrogen-bond donors (Lipinski definition) is 0. The summed E-state index contributed by atoms with van der Waals surface area (Å²) in [5.74, 6) is -0.828. The van der Waals surface area contributed by atoms with Gasteiger partial charge >= 0.3 is 23.9 Å². The number of carbonyl (C=O) groups excluding carboxylic acids is 4. The van der Waals surface area contributed by atoms with Gasteiger partial charge in [0.2, 0.25) is 0 Å². The number of benzene rings is 3. The molecular formula is C44H40N2O10. The van der Waals surface area contributed by atoms with Crippen LogP contribution in [0.15, 0.2) is 129 Å². The lowest BCUT2D eigenvalue weighted by Crippen LogP contribution is -2.13. The molecule has 56 heavy (non-hydrogen) atoms. The number of nitrogens with zero attached hydrogens (tertiary/aromatic N) is 2. The topological polar surface area (TPSA) is 149 Å². The number of ether oxygens (including phenoxy) is 6. The van der Waals surface area contributed by atoms with Crippen LogP contribution in [0.4, 0.5) is 0 Å². The molecule has 0 bridgehead atoms. The third kappa shape index (κ3) is 11.7. The summed E-state index contributed by atoms with van der Waals surface area (Å²) >= 11 is 0. The van der Waals surface area contributed by atoms with Crippen LogP contribution in [0.25, 0.3) is 22.5 Å². The van der Waals surface area contributed by atoms with Crippen LogP contribution in [0.1, 0.15) is 46.0 Å². The highest BCUT2D eigenvalue weighted by Gasteiger charge is 2.18. The molecule has 0 spiro atoms. The van der Waals surface area contributed by atoms with E-state index in [9.17, 15) is 19.2 Å². The fourth-order valence-corrected chi connectivity index (χ4v) is 5.03. The molecule has 5 aromatic rings. The Bertz CT molecular complexity index is 2130. The van der Waals surface area contributed by atoms with Crippen LogP contribution in [0, 0.1) is 0 Å². The standard InChI is InChI=1S/C44H40N2O10/c1-4-30-9-22-39(55-43(49)33-14-20-37(45-28-33)31-10-16-35(17-11-31)51-23-7-25-53-41(47)5-2)40(27-30)56-44(50)34-15-21-38(46-29-34)32-12-18-36(19-13-32)52-24-8-26-54-42(48)6-3/h5-6,9-22,27-29H,2-4,7-8,23-26H2,1H3. The number of hydrogen-bond acceptors (Lipinski definition) is 12. The number of aryl methyl sites for hydroxylation is 1. The molecular weight excluding hydrogens is 716 g/mol. The average Bonchev–Trinajstić information content (AvgIpc) is 3.24. The molecule has 12 nitrogen and oxygen atoms in total. The summed E-state index contributed by atoms with van der Waals surface area (Å²) in [4.78, 5) is 57.5. The number of carbonyl (C=O) groups is 4. The van der Waals surface area contributed by atoms with E-state index in [-0.39, 0.29) is 35.8 Å². The van der Waals surface area contributed by atoms with Gasteiger partial charge in [-0.3, -0.25) is 9.97 Å².